The smallest absolute Gasteiger partial charge is 0.234 e. The van der Waals surface area contributed by atoms with Crippen LogP contribution in [-0.2, 0) is 16.0 Å². The van der Waals surface area contributed by atoms with Crippen LogP contribution in [0, 0.1) is 0 Å². The molecular formula is C18H26BrN3O2. The minimum Gasteiger partial charge on any atom is -0.353 e. The monoisotopic (exact) mass is 395 g/mol. The number of nitrogens with zero attached hydrogens (tertiary/aromatic N) is 2. The summed E-state index contributed by atoms with van der Waals surface area (Å²) in [6, 6.07) is 8.06. The van der Waals surface area contributed by atoms with Gasteiger partial charge in [0, 0.05) is 36.7 Å². The summed E-state index contributed by atoms with van der Waals surface area (Å²) in [4.78, 5) is 28.3. The van der Waals surface area contributed by atoms with Gasteiger partial charge in [-0.1, -0.05) is 35.0 Å². The van der Waals surface area contributed by atoms with Crippen LogP contribution in [0.4, 0.5) is 0 Å². The Balaban J connectivity index is 1.74. The molecule has 132 valence electrons. The molecule has 1 saturated heterocycles. The Morgan fingerprint density at radius 3 is 2.38 bits per heavy atom. The van der Waals surface area contributed by atoms with E-state index in [9.17, 15) is 9.59 Å². The number of benzene rings is 1. The zero-order chi connectivity index (χ0) is 17.5. The van der Waals surface area contributed by atoms with Gasteiger partial charge >= 0.3 is 0 Å². The second-order valence-corrected chi connectivity index (χ2v) is 7.25. The maximum absolute atomic E-state index is 12.4. The summed E-state index contributed by atoms with van der Waals surface area (Å²) in [7, 11) is 0. The standard InChI is InChI=1S/C18H26BrN3O2/c1-3-14(2)20-17(23)13-21-8-10-22(11-9-21)18(24)12-15-4-6-16(19)7-5-15/h4-7,14H,3,8-13H2,1-2H3,(H,20,23). The van der Waals surface area contributed by atoms with Crippen LogP contribution in [0.1, 0.15) is 25.8 Å². The third-order valence-corrected chi connectivity index (χ3v) is 4.91. The number of halogens is 1. The van der Waals surface area contributed by atoms with E-state index in [1.807, 2.05) is 36.1 Å². The van der Waals surface area contributed by atoms with Gasteiger partial charge in [-0.2, -0.15) is 0 Å². The van der Waals surface area contributed by atoms with Crippen molar-refractivity contribution in [2.75, 3.05) is 32.7 Å². The van der Waals surface area contributed by atoms with Crippen molar-refractivity contribution in [1.82, 2.24) is 15.1 Å². The summed E-state index contributed by atoms with van der Waals surface area (Å²) in [5.41, 5.74) is 1.03. The Morgan fingerprint density at radius 2 is 1.79 bits per heavy atom. The van der Waals surface area contributed by atoms with Crippen molar-refractivity contribution in [3.63, 3.8) is 0 Å². The molecule has 1 atom stereocenters. The maximum atomic E-state index is 12.4. The Kier molecular flexibility index (Phi) is 7.24. The van der Waals surface area contributed by atoms with Crippen LogP contribution in [0.15, 0.2) is 28.7 Å². The van der Waals surface area contributed by atoms with Crippen molar-refractivity contribution >= 4 is 27.7 Å². The molecule has 1 unspecified atom stereocenters. The fourth-order valence-corrected chi connectivity index (χ4v) is 2.93. The quantitative estimate of drug-likeness (QED) is 0.801. The number of carbonyl (C=O) groups excluding carboxylic acids is 2. The SMILES string of the molecule is CCC(C)NC(=O)CN1CCN(C(=O)Cc2ccc(Br)cc2)CC1. The molecule has 2 rings (SSSR count). The summed E-state index contributed by atoms with van der Waals surface area (Å²) in [5, 5.41) is 2.98. The second kappa shape index (κ2) is 9.18. The van der Waals surface area contributed by atoms with E-state index in [0.717, 1.165) is 29.5 Å². The fraction of sp³-hybridized carbons (Fsp3) is 0.556. The minimum absolute atomic E-state index is 0.0685. The Labute approximate surface area is 152 Å². The normalized spacial score (nSPS) is 16.7. The molecule has 5 nitrogen and oxygen atoms in total. The lowest BCUT2D eigenvalue weighted by Crippen LogP contribution is -2.52. The average molecular weight is 396 g/mol. The van der Waals surface area contributed by atoms with E-state index in [2.05, 4.69) is 33.1 Å². The van der Waals surface area contributed by atoms with Gasteiger partial charge in [0.2, 0.25) is 11.8 Å². The van der Waals surface area contributed by atoms with Crippen LogP contribution in [-0.4, -0.2) is 60.4 Å². The average Bonchev–Trinajstić information content (AvgIpc) is 2.57. The van der Waals surface area contributed by atoms with Gasteiger partial charge in [0.15, 0.2) is 0 Å². The largest absolute Gasteiger partial charge is 0.353 e. The molecule has 0 aromatic heterocycles. The molecule has 0 saturated carbocycles. The highest BCUT2D eigenvalue weighted by Crippen LogP contribution is 2.12. The van der Waals surface area contributed by atoms with Crippen LogP contribution in [0.3, 0.4) is 0 Å². The van der Waals surface area contributed by atoms with E-state index in [-0.39, 0.29) is 17.9 Å². The van der Waals surface area contributed by atoms with Gasteiger partial charge in [-0.3, -0.25) is 14.5 Å². The molecule has 24 heavy (non-hydrogen) atoms. The Morgan fingerprint density at radius 1 is 1.17 bits per heavy atom. The lowest BCUT2D eigenvalue weighted by Gasteiger charge is -2.34. The van der Waals surface area contributed by atoms with Crippen molar-refractivity contribution in [1.29, 1.82) is 0 Å². The number of piperazine rings is 1. The second-order valence-electron chi connectivity index (χ2n) is 6.34. The first kappa shape index (κ1) is 18.9. The fourth-order valence-electron chi connectivity index (χ4n) is 2.67. The molecule has 0 radical (unpaired) electrons. The maximum Gasteiger partial charge on any atom is 0.234 e. The van der Waals surface area contributed by atoms with Crippen molar-refractivity contribution in [3.8, 4) is 0 Å². The third kappa shape index (κ3) is 5.91. The lowest BCUT2D eigenvalue weighted by molar-refractivity contribution is -0.132. The molecule has 2 amide bonds. The minimum atomic E-state index is 0.0685. The molecule has 1 aromatic rings. The van der Waals surface area contributed by atoms with Crippen LogP contribution in [0.5, 0.6) is 0 Å². The molecule has 0 aliphatic carbocycles. The van der Waals surface area contributed by atoms with Crippen LogP contribution < -0.4 is 5.32 Å². The summed E-state index contributed by atoms with van der Waals surface area (Å²) in [6.07, 6.45) is 1.37. The highest BCUT2D eigenvalue weighted by atomic mass is 79.9. The molecule has 6 heteroatoms. The predicted octanol–water partition coefficient (Wildman–Crippen LogP) is 2.05. The van der Waals surface area contributed by atoms with Crippen LogP contribution >= 0.6 is 15.9 Å². The van der Waals surface area contributed by atoms with Gasteiger partial charge in [0.25, 0.3) is 0 Å². The van der Waals surface area contributed by atoms with Gasteiger partial charge in [-0.25, -0.2) is 0 Å². The van der Waals surface area contributed by atoms with E-state index in [0.29, 0.717) is 26.1 Å². The zero-order valence-corrected chi connectivity index (χ0v) is 16.0. The van der Waals surface area contributed by atoms with E-state index >= 15 is 0 Å². The summed E-state index contributed by atoms with van der Waals surface area (Å²) >= 11 is 3.40. The van der Waals surface area contributed by atoms with Gasteiger partial charge in [-0.15, -0.1) is 0 Å². The molecule has 1 N–H and O–H groups in total. The van der Waals surface area contributed by atoms with Gasteiger partial charge < -0.3 is 10.2 Å². The first-order chi connectivity index (χ1) is 11.5. The molecular weight excluding hydrogens is 370 g/mol. The highest BCUT2D eigenvalue weighted by Gasteiger charge is 2.22. The van der Waals surface area contributed by atoms with Gasteiger partial charge in [-0.05, 0) is 31.0 Å². The Bertz CT molecular complexity index is 554. The molecule has 1 heterocycles. The topological polar surface area (TPSA) is 52.7 Å². The first-order valence-corrected chi connectivity index (χ1v) is 9.31. The lowest BCUT2D eigenvalue weighted by atomic mass is 10.1. The van der Waals surface area contributed by atoms with E-state index in [1.54, 1.807) is 0 Å². The zero-order valence-electron chi connectivity index (χ0n) is 14.4. The third-order valence-electron chi connectivity index (χ3n) is 4.38. The number of amides is 2. The number of nitrogens with one attached hydrogen (secondary N) is 1. The molecule has 0 spiro atoms. The predicted molar refractivity (Wildman–Crippen MR) is 98.8 cm³/mol. The van der Waals surface area contributed by atoms with Crippen LogP contribution in [0.25, 0.3) is 0 Å². The molecule has 1 fully saturated rings. The van der Waals surface area contributed by atoms with E-state index in [4.69, 9.17) is 0 Å². The Hall–Kier alpha value is -1.40. The van der Waals surface area contributed by atoms with E-state index < -0.39 is 0 Å². The van der Waals surface area contributed by atoms with Crippen molar-refractivity contribution < 1.29 is 9.59 Å². The summed E-state index contributed by atoms with van der Waals surface area (Å²) in [6.45, 7) is 7.36. The first-order valence-electron chi connectivity index (χ1n) is 8.52. The molecule has 1 aliphatic rings. The van der Waals surface area contributed by atoms with Crippen LogP contribution in [0.2, 0.25) is 0 Å². The molecule has 1 aromatic carbocycles. The highest BCUT2D eigenvalue weighted by molar-refractivity contribution is 9.10. The number of carbonyl (C=O) groups is 2. The number of hydrogen-bond donors (Lipinski definition) is 1. The number of rotatable bonds is 6. The summed E-state index contributed by atoms with van der Waals surface area (Å²) < 4.78 is 1.02. The number of hydrogen-bond acceptors (Lipinski definition) is 3. The van der Waals surface area contributed by atoms with Gasteiger partial charge in [0.05, 0.1) is 13.0 Å². The molecule has 0 bridgehead atoms. The van der Waals surface area contributed by atoms with Crippen molar-refractivity contribution in [3.05, 3.63) is 34.3 Å². The van der Waals surface area contributed by atoms with E-state index in [1.165, 1.54) is 0 Å². The molecule has 1 aliphatic heterocycles. The van der Waals surface area contributed by atoms with Crippen molar-refractivity contribution in [2.24, 2.45) is 0 Å². The van der Waals surface area contributed by atoms with Crippen molar-refractivity contribution in [2.45, 2.75) is 32.7 Å². The summed E-state index contributed by atoms with van der Waals surface area (Å²) in [5.74, 6) is 0.222. The van der Waals surface area contributed by atoms with Gasteiger partial charge in [0.1, 0.15) is 0 Å².